The number of fused-ring (bicyclic) bond motifs is 1. The van der Waals surface area contributed by atoms with E-state index in [1.54, 1.807) is 6.07 Å². The molecule has 2 nitrogen and oxygen atoms in total. The van der Waals surface area contributed by atoms with E-state index in [1.165, 1.54) is 6.07 Å². The summed E-state index contributed by atoms with van der Waals surface area (Å²) in [6.45, 7) is 2.44. The molecule has 2 N–H and O–H groups in total. The number of rotatable bonds is 0. The van der Waals surface area contributed by atoms with Gasteiger partial charge in [-0.25, -0.2) is 4.39 Å². The second-order valence-corrected chi connectivity index (χ2v) is 3.46. The molecule has 1 aliphatic rings. The van der Waals surface area contributed by atoms with Gasteiger partial charge in [0.05, 0.1) is 6.10 Å². The van der Waals surface area contributed by atoms with Crippen LogP contribution in [0.25, 0.3) is 0 Å². The normalized spacial score (nSPS) is 20.7. The number of aliphatic hydroxyl groups is 1. The Balaban J connectivity index is 2.51. The highest BCUT2D eigenvalue weighted by atomic mass is 19.1. The average molecular weight is 181 g/mol. The van der Waals surface area contributed by atoms with Gasteiger partial charge in [-0.3, -0.25) is 0 Å². The number of aryl methyl sites for hydroxylation is 1. The Morgan fingerprint density at radius 3 is 3.08 bits per heavy atom. The van der Waals surface area contributed by atoms with Crippen LogP contribution < -0.4 is 5.32 Å². The molecule has 0 aromatic heterocycles. The lowest BCUT2D eigenvalue weighted by Crippen LogP contribution is -2.28. The molecule has 0 radical (unpaired) electrons. The van der Waals surface area contributed by atoms with Crippen LogP contribution in [0.1, 0.15) is 11.1 Å². The monoisotopic (exact) mass is 181 g/mol. The van der Waals surface area contributed by atoms with Crippen LogP contribution in [0.3, 0.4) is 0 Å². The van der Waals surface area contributed by atoms with Crippen molar-refractivity contribution in [2.45, 2.75) is 19.4 Å². The molecule has 1 unspecified atom stereocenters. The second-order valence-electron chi connectivity index (χ2n) is 3.46. The maximum atomic E-state index is 13.3. The van der Waals surface area contributed by atoms with E-state index in [0.29, 0.717) is 18.5 Å². The minimum Gasteiger partial charge on any atom is -0.391 e. The van der Waals surface area contributed by atoms with E-state index in [-0.39, 0.29) is 5.82 Å². The summed E-state index contributed by atoms with van der Waals surface area (Å²) in [5.41, 5.74) is 2.49. The Bertz CT molecular complexity index is 338. The van der Waals surface area contributed by atoms with Gasteiger partial charge in [-0.2, -0.15) is 0 Å². The first kappa shape index (κ1) is 8.51. The first-order valence-electron chi connectivity index (χ1n) is 4.38. The molecule has 1 atom stereocenters. The molecule has 70 valence electrons. The maximum absolute atomic E-state index is 13.3. The number of β-amino-alcohol motifs (C(OH)–C–C–N with tert-alkyl or cyclic N) is 1. The average Bonchev–Trinajstić information content (AvgIpc) is 2.12. The van der Waals surface area contributed by atoms with Gasteiger partial charge in [-0.1, -0.05) is 6.07 Å². The zero-order valence-electron chi connectivity index (χ0n) is 7.47. The molecule has 1 heterocycles. The Morgan fingerprint density at radius 2 is 2.31 bits per heavy atom. The van der Waals surface area contributed by atoms with E-state index < -0.39 is 6.10 Å². The Morgan fingerprint density at radius 1 is 1.54 bits per heavy atom. The van der Waals surface area contributed by atoms with Crippen LogP contribution in [-0.4, -0.2) is 17.8 Å². The highest BCUT2D eigenvalue weighted by molar-refractivity contribution is 5.59. The van der Waals surface area contributed by atoms with E-state index in [1.807, 2.05) is 6.92 Å². The van der Waals surface area contributed by atoms with Gasteiger partial charge < -0.3 is 10.4 Å². The van der Waals surface area contributed by atoms with Gasteiger partial charge in [0.1, 0.15) is 5.82 Å². The summed E-state index contributed by atoms with van der Waals surface area (Å²) in [7, 11) is 0. The number of aliphatic hydroxyl groups excluding tert-OH is 1. The molecule has 1 aromatic rings. The van der Waals surface area contributed by atoms with Crippen LogP contribution in [0.5, 0.6) is 0 Å². The summed E-state index contributed by atoms with van der Waals surface area (Å²) < 4.78 is 13.3. The second kappa shape index (κ2) is 3.00. The number of nitrogens with one attached hydrogen (secondary N) is 1. The summed E-state index contributed by atoms with van der Waals surface area (Å²) >= 11 is 0. The minimum absolute atomic E-state index is 0.230. The molecule has 0 bridgehead atoms. The van der Waals surface area contributed by atoms with Crippen molar-refractivity contribution in [1.82, 2.24) is 0 Å². The lowest BCUT2D eigenvalue weighted by molar-refractivity contribution is 0.183. The number of halogens is 1. The summed E-state index contributed by atoms with van der Waals surface area (Å²) in [5, 5.41) is 12.4. The van der Waals surface area contributed by atoms with Crippen molar-refractivity contribution in [1.29, 1.82) is 0 Å². The van der Waals surface area contributed by atoms with Gasteiger partial charge in [0.15, 0.2) is 0 Å². The zero-order valence-corrected chi connectivity index (χ0v) is 7.47. The smallest absolute Gasteiger partial charge is 0.128 e. The third-order valence-electron chi connectivity index (χ3n) is 2.42. The molecule has 0 aliphatic carbocycles. The van der Waals surface area contributed by atoms with E-state index in [9.17, 15) is 9.50 Å². The molecule has 3 heteroatoms. The van der Waals surface area contributed by atoms with Gasteiger partial charge in [0.25, 0.3) is 0 Å². The van der Waals surface area contributed by atoms with Gasteiger partial charge in [0, 0.05) is 24.2 Å². The van der Waals surface area contributed by atoms with Crippen LogP contribution >= 0.6 is 0 Å². The molecule has 0 saturated carbocycles. The van der Waals surface area contributed by atoms with Gasteiger partial charge in [-0.05, 0) is 18.6 Å². The van der Waals surface area contributed by atoms with Gasteiger partial charge >= 0.3 is 0 Å². The first-order chi connectivity index (χ1) is 6.18. The maximum Gasteiger partial charge on any atom is 0.128 e. The zero-order chi connectivity index (χ0) is 9.42. The van der Waals surface area contributed by atoms with Crippen molar-refractivity contribution in [2.75, 3.05) is 11.9 Å². The molecule has 0 fully saturated rings. The molecule has 1 aliphatic heterocycles. The quantitative estimate of drug-likeness (QED) is 0.635. The highest BCUT2D eigenvalue weighted by Crippen LogP contribution is 2.27. The third-order valence-corrected chi connectivity index (χ3v) is 2.42. The molecular formula is C10H12FNO. The van der Waals surface area contributed by atoms with E-state index in [0.717, 1.165) is 11.3 Å². The lowest BCUT2D eigenvalue weighted by atomic mass is 9.98. The number of anilines is 1. The summed E-state index contributed by atoms with van der Waals surface area (Å²) in [6.07, 6.45) is -0.0562. The Hall–Kier alpha value is -1.09. The largest absolute Gasteiger partial charge is 0.391 e. The van der Waals surface area contributed by atoms with E-state index >= 15 is 0 Å². The molecular weight excluding hydrogens is 169 g/mol. The summed E-state index contributed by atoms with van der Waals surface area (Å²) in [6, 6.07) is 3.20. The Kier molecular flexibility index (Phi) is 1.96. The van der Waals surface area contributed by atoms with Crippen molar-refractivity contribution in [3.8, 4) is 0 Å². The fourth-order valence-electron chi connectivity index (χ4n) is 1.71. The lowest BCUT2D eigenvalue weighted by Gasteiger charge is -2.24. The molecule has 13 heavy (non-hydrogen) atoms. The predicted octanol–water partition coefficient (Wildman–Crippen LogP) is 1.46. The van der Waals surface area contributed by atoms with Gasteiger partial charge in [-0.15, -0.1) is 0 Å². The van der Waals surface area contributed by atoms with Crippen molar-refractivity contribution in [3.63, 3.8) is 0 Å². The van der Waals surface area contributed by atoms with Crippen molar-refractivity contribution >= 4 is 5.69 Å². The number of hydrogen-bond donors (Lipinski definition) is 2. The standard InChI is InChI=1S/C10H12FNO/c1-6-2-3-9(11)8-4-7(13)5-12-10(6)8/h2-3,7,12-13H,4-5H2,1H3. The van der Waals surface area contributed by atoms with E-state index in [2.05, 4.69) is 5.32 Å². The fraction of sp³-hybridized carbons (Fsp3) is 0.400. The Labute approximate surface area is 76.4 Å². The van der Waals surface area contributed by atoms with Crippen molar-refractivity contribution in [3.05, 3.63) is 29.1 Å². The van der Waals surface area contributed by atoms with Crippen LogP contribution in [-0.2, 0) is 6.42 Å². The summed E-state index contributed by atoms with van der Waals surface area (Å²) in [5.74, 6) is -0.230. The molecule has 0 spiro atoms. The third kappa shape index (κ3) is 1.40. The number of benzene rings is 1. The molecule has 1 aromatic carbocycles. The van der Waals surface area contributed by atoms with Crippen LogP contribution in [0.2, 0.25) is 0 Å². The SMILES string of the molecule is Cc1ccc(F)c2c1NCC(O)C2. The van der Waals surface area contributed by atoms with Crippen LogP contribution in [0.4, 0.5) is 10.1 Å². The molecule has 2 rings (SSSR count). The summed E-state index contributed by atoms with van der Waals surface area (Å²) in [4.78, 5) is 0. The van der Waals surface area contributed by atoms with Crippen molar-refractivity contribution in [2.24, 2.45) is 0 Å². The van der Waals surface area contributed by atoms with Gasteiger partial charge in [0.2, 0.25) is 0 Å². The van der Waals surface area contributed by atoms with Crippen LogP contribution in [0, 0.1) is 12.7 Å². The number of hydrogen-bond acceptors (Lipinski definition) is 2. The van der Waals surface area contributed by atoms with E-state index in [4.69, 9.17) is 0 Å². The molecule has 0 saturated heterocycles. The van der Waals surface area contributed by atoms with Crippen LogP contribution in [0.15, 0.2) is 12.1 Å². The first-order valence-corrected chi connectivity index (χ1v) is 4.38. The topological polar surface area (TPSA) is 32.3 Å². The fourth-order valence-corrected chi connectivity index (χ4v) is 1.71. The minimum atomic E-state index is -0.469. The highest BCUT2D eigenvalue weighted by Gasteiger charge is 2.20. The molecule has 0 amide bonds. The van der Waals surface area contributed by atoms with Crippen molar-refractivity contribution < 1.29 is 9.50 Å². The predicted molar refractivity (Wildman–Crippen MR) is 49.3 cm³/mol.